The summed E-state index contributed by atoms with van der Waals surface area (Å²) in [5.41, 5.74) is 0. The molecule has 0 aromatic rings. The van der Waals surface area contributed by atoms with E-state index in [2.05, 4.69) is 59.1 Å². The average Bonchev–Trinajstić information content (AvgIpc) is 0.913. The van der Waals surface area contributed by atoms with E-state index < -0.39 is 12.2 Å². The Kier molecular flexibility index (Phi) is 82.0. The third-order valence-electron chi connectivity index (χ3n) is 23.7. The number of aliphatic hydroxyl groups excluding tert-OH is 5. The number of hydrogen-bond acceptors (Lipinski definition) is 12. The molecule has 106 heavy (non-hydrogen) atoms. The Morgan fingerprint density at radius 2 is 0.377 bits per heavy atom. The Balaban J connectivity index is 2.82. The summed E-state index contributed by atoms with van der Waals surface area (Å²) < 4.78 is 12.8. The molecule has 0 amide bonds. The van der Waals surface area contributed by atoms with E-state index in [-0.39, 0.29) is 18.3 Å². The summed E-state index contributed by atoms with van der Waals surface area (Å²) in [5.74, 6) is 0. The van der Waals surface area contributed by atoms with Crippen LogP contribution < -0.4 is 0 Å². The van der Waals surface area contributed by atoms with Crippen molar-refractivity contribution in [1.29, 1.82) is 0 Å². The largest absolute Gasteiger partial charge is 0.392 e. The third-order valence-corrected chi connectivity index (χ3v) is 23.7. The molecule has 0 spiro atoms. The summed E-state index contributed by atoms with van der Waals surface area (Å²) in [6.45, 7) is 26.1. The molecule has 0 aromatic heterocycles. The van der Waals surface area contributed by atoms with Gasteiger partial charge in [0.1, 0.15) is 0 Å². The summed E-state index contributed by atoms with van der Waals surface area (Å²) in [4.78, 5) is 12.2. The summed E-state index contributed by atoms with van der Waals surface area (Å²) in [7, 11) is 0. The van der Waals surface area contributed by atoms with Gasteiger partial charge < -0.3 is 35.0 Å². The van der Waals surface area contributed by atoms with Crippen LogP contribution in [0, 0.1) is 0 Å². The van der Waals surface area contributed by atoms with Crippen molar-refractivity contribution >= 4 is 0 Å². The van der Waals surface area contributed by atoms with Crippen molar-refractivity contribution in [2.45, 2.75) is 482 Å². The summed E-state index contributed by atoms with van der Waals surface area (Å²) in [6, 6.07) is 0. The second-order valence-corrected chi connectivity index (χ2v) is 34.4. The molecule has 5 unspecified atom stereocenters. The highest BCUT2D eigenvalue weighted by atomic mass is 16.5. The Morgan fingerprint density at radius 3 is 0.594 bits per heavy atom. The number of piperazine rings is 1. The first-order valence-corrected chi connectivity index (χ1v) is 48.3. The number of hydrogen-bond donors (Lipinski definition) is 5. The fourth-order valence-corrected chi connectivity index (χ4v) is 16.4. The van der Waals surface area contributed by atoms with Crippen molar-refractivity contribution < 1.29 is 35.0 Å². The standard InChI is InChI=1S/C94H193N5O7/c1-6-11-16-21-26-31-36-41-46-51-56-61-66-90(100)85-97(78-82-106-84-80-99(88-93(103)69-64-59-54-49-44-39-34-29-24-19-14-9-4)89-94(104)70-65-60-55-50-45-40-35-30-25-20-15-10-5)76-75-95-71-73-96(74-72-95)77-81-105-83-79-98(86-91(101)67-62-57-52-47-42-37-32-27-22-17-12-7-2)87-92(102)68-63-58-53-48-43-38-33-28-23-18-13-8-3/h90-94,100-104H,6-89H2,1-5H3. The fourth-order valence-electron chi connectivity index (χ4n) is 16.4. The first kappa shape index (κ1) is 104. The van der Waals surface area contributed by atoms with Crippen LogP contribution in [0.3, 0.4) is 0 Å². The van der Waals surface area contributed by atoms with Crippen molar-refractivity contribution in [3.63, 3.8) is 0 Å². The van der Waals surface area contributed by atoms with Crippen LogP contribution in [-0.2, 0) is 9.47 Å². The van der Waals surface area contributed by atoms with E-state index in [0.29, 0.717) is 65.7 Å². The minimum Gasteiger partial charge on any atom is -0.392 e. The van der Waals surface area contributed by atoms with Gasteiger partial charge in [-0.25, -0.2) is 0 Å². The van der Waals surface area contributed by atoms with E-state index in [4.69, 9.17) is 9.47 Å². The molecule has 1 aliphatic heterocycles. The van der Waals surface area contributed by atoms with Gasteiger partial charge in [0.2, 0.25) is 0 Å². The van der Waals surface area contributed by atoms with Gasteiger partial charge in [-0.05, 0) is 32.1 Å². The number of ether oxygens (including phenoxy) is 2. The lowest BCUT2D eigenvalue weighted by Crippen LogP contribution is -2.49. The molecule has 0 saturated carbocycles. The predicted molar refractivity (Wildman–Crippen MR) is 462 cm³/mol. The van der Waals surface area contributed by atoms with Gasteiger partial charge in [-0.15, -0.1) is 0 Å². The molecule has 0 aliphatic carbocycles. The van der Waals surface area contributed by atoms with Crippen molar-refractivity contribution in [1.82, 2.24) is 24.5 Å². The van der Waals surface area contributed by atoms with Crippen molar-refractivity contribution in [3.05, 3.63) is 0 Å². The van der Waals surface area contributed by atoms with Crippen LogP contribution in [0.15, 0.2) is 0 Å². The second-order valence-electron chi connectivity index (χ2n) is 34.4. The number of rotatable bonds is 90. The van der Waals surface area contributed by atoms with Crippen LogP contribution in [0.1, 0.15) is 452 Å². The lowest BCUT2D eigenvalue weighted by Gasteiger charge is -2.36. The molecular formula is C94H193N5O7. The Labute approximate surface area is 663 Å². The van der Waals surface area contributed by atoms with E-state index in [1.54, 1.807) is 0 Å². The first-order chi connectivity index (χ1) is 52.1. The number of unbranched alkanes of at least 4 members (excludes halogenated alkanes) is 55. The van der Waals surface area contributed by atoms with Gasteiger partial charge in [-0.3, -0.25) is 24.5 Å². The smallest absolute Gasteiger partial charge is 0.0667 e. The summed E-state index contributed by atoms with van der Waals surface area (Å²) in [6.07, 6.45) is 81.5. The minimum atomic E-state index is -0.393. The van der Waals surface area contributed by atoms with E-state index in [9.17, 15) is 25.5 Å². The topological polar surface area (TPSA) is 136 Å². The lowest BCUT2D eigenvalue weighted by atomic mass is 10.0. The van der Waals surface area contributed by atoms with Gasteiger partial charge in [-0.1, -0.05) is 420 Å². The van der Waals surface area contributed by atoms with Crippen LogP contribution in [0.5, 0.6) is 0 Å². The molecule has 636 valence electrons. The Bertz CT molecular complexity index is 1580. The quantitative estimate of drug-likeness (QED) is 0.0371. The molecule has 0 radical (unpaired) electrons. The minimum absolute atomic E-state index is 0.344. The molecule has 0 aromatic carbocycles. The molecule has 1 saturated heterocycles. The molecule has 1 fully saturated rings. The zero-order valence-corrected chi connectivity index (χ0v) is 72.6. The predicted octanol–water partition coefficient (Wildman–Crippen LogP) is 23.8. The van der Waals surface area contributed by atoms with E-state index >= 15 is 0 Å². The van der Waals surface area contributed by atoms with Crippen LogP contribution in [0.25, 0.3) is 0 Å². The summed E-state index contributed by atoms with van der Waals surface area (Å²) >= 11 is 0. The van der Waals surface area contributed by atoms with Gasteiger partial charge in [0.25, 0.3) is 0 Å². The number of nitrogens with zero attached hydrogens (tertiary/aromatic N) is 5. The molecule has 5 N–H and O–H groups in total. The van der Waals surface area contributed by atoms with Gasteiger partial charge in [0, 0.05) is 98.2 Å². The van der Waals surface area contributed by atoms with Gasteiger partial charge >= 0.3 is 0 Å². The van der Waals surface area contributed by atoms with Crippen molar-refractivity contribution in [2.75, 3.05) is 125 Å². The van der Waals surface area contributed by atoms with E-state index in [1.807, 2.05) is 0 Å². The van der Waals surface area contributed by atoms with Gasteiger partial charge in [0.05, 0.1) is 56.9 Å². The summed E-state index contributed by atoms with van der Waals surface area (Å²) in [5, 5.41) is 57.0. The SMILES string of the molecule is CCCCCCCCCCCCCCC(O)CN(CCOCCN(CC(O)CCCCCCCCCCCCCC)CC(O)CCCCCCCCCCCCCC)CCN1CCN(CCOCCN(CC(O)CCCCCCCCCCCCCC)CC(O)CCCCCCCCCCCCCC)CC1. The Morgan fingerprint density at radius 1 is 0.208 bits per heavy atom. The molecule has 0 bridgehead atoms. The maximum atomic E-state index is 11.5. The zero-order valence-electron chi connectivity index (χ0n) is 72.6. The molecule has 12 nitrogen and oxygen atoms in total. The second kappa shape index (κ2) is 83.9. The highest BCUT2D eigenvalue weighted by Crippen LogP contribution is 2.21. The molecule has 1 aliphatic rings. The molecule has 1 rings (SSSR count). The maximum Gasteiger partial charge on any atom is 0.0667 e. The van der Waals surface area contributed by atoms with Crippen LogP contribution in [0.2, 0.25) is 0 Å². The van der Waals surface area contributed by atoms with E-state index in [1.165, 1.54) is 353 Å². The van der Waals surface area contributed by atoms with Gasteiger partial charge in [0.15, 0.2) is 0 Å². The van der Waals surface area contributed by atoms with Crippen molar-refractivity contribution in [2.24, 2.45) is 0 Å². The zero-order chi connectivity index (χ0) is 76.6. The van der Waals surface area contributed by atoms with Crippen LogP contribution in [-0.4, -0.2) is 205 Å². The monoisotopic (exact) mass is 1500 g/mol. The third kappa shape index (κ3) is 74.9. The Hall–Kier alpha value is -0.480. The van der Waals surface area contributed by atoms with Gasteiger partial charge in [-0.2, -0.15) is 0 Å². The van der Waals surface area contributed by atoms with Crippen molar-refractivity contribution in [3.8, 4) is 0 Å². The highest BCUT2D eigenvalue weighted by Gasteiger charge is 2.22. The number of aliphatic hydroxyl groups is 5. The van der Waals surface area contributed by atoms with Crippen LogP contribution in [0.4, 0.5) is 0 Å². The lowest BCUT2D eigenvalue weighted by molar-refractivity contribution is 0.0257. The normalized spacial score (nSPS) is 14.8. The van der Waals surface area contributed by atoms with Crippen LogP contribution >= 0.6 is 0 Å². The fraction of sp³-hybridized carbons (Fsp3) is 1.00. The van der Waals surface area contributed by atoms with E-state index in [0.717, 1.165) is 123 Å². The molecular weight excluding hydrogens is 1310 g/mol. The first-order valence-electron chi connectivity index (χ1n) is 48.3. The average molecular weight is 1510 g/mol. The molecule has 1 heterocycles. The molecule has 12 heteroatoms. The maximum absolute atomic E-state index is 11.5. The highest BCUT2D eigenvalue weighted by molar-refractivity contribution is 4.77. The molecule has 5 atom stereocenters.